The van der Waals surface area contributed by atoms with Gasteiger partial charge < -0.3 is 9.84 Å². The number of nitro groups is 1. The number of ether oxygens (including phenoxy) is 1. The van der Waals surface area contributed by atoms with Crippen LogP contribution in [-0.2, 0) is 14.3 Å². The van der Waals surface area contributed by atoms with Gasteiger partial charge in [-0.25, -0.2) is 4.79 Å². The normalized spacial score (nSPS) is 35.9. The summed E-state index contributed by atoms with van der Waals surface area (Å²) in [7, 11) is 0. The molecule has 4 atom stereocenters. The predicted molar refractivity (Wildman–Crippen MR) is 67.5 cm³/mol. The van der Waals surface area contributed by atoms with Crippen molar-refractivity contribution in [1.29, 1.82) is 0 Å². The van der Waals surface area contributed by atoms with E-state index < -0.39 is 39.8 Å². The van der Waals surface area contributed by atoms with E-state index in [0.717, 1.165) is 0 Å². The molecule has 0 amide bonds. The molecule has 112 valence electrons. The molecule has 0 spiro atoms. The maximum atomic E-state index is 12.4. The topological polar surface area (TPSA) is 107 Å². The number of fused-ring (bicyclic) bond motifs is 2. The van der Waals surface area contributed by atoms with Crippen molar-refractivity contribution in [2.24, 2.45) is 17.8 Å². The first-order valence-electron chi connectivity index (χ1n) is 6.71. The molecular weight excluding hydrogens is 266 g/mol. The van der Waals surface area contributed by atoms with Crippen molar-refractivity contribution in [3.63, 3.8) is 0 Å². The largest absolute Gasteiger partial charge is 0.481 e. The van der Waals surface area contributed by atoms with Gasteiger partial charge in [-0.05, 0) is 46.0 Å². The molecule has 0 aromatic carbocycles. The number of aliphatic carboxylic acids is 1. The monoisotopic (exact) mass is 285 g/mol. The van der Waals surface area contributed by atoms with E-state index in [2.05, 4.69) is 0 Å². The smallest absolute Gasteiger partial charge is 0.386 e. The zero-order chi connectivity index (χ0) is 15.3. The number of carboxylic acids is 1. The van der Waals surface area contributed by atoms with Crippen molar-refractivity contribution in [3.8, 4) is 0 Å². The molecule has 2 fully saturated rings. The minimum Gasteiger partial charge on any atom is -0.481 e. The highest BCUT2D eigenvalue weighted by atomic mass is 16.6. The summed E-state index contributed by atoms with van der Waals surface area (Å²) in [4.78, 5) is 34.7. The van der Waals surface area contributed by atoms with Crippen LogP contribution in [0.3, 0.4) is 0 Å². The molecule has 4 unspecified atom stereocenters. The molecule has 0 aliphatic heterocycles. The number of nitrogens with zero attached hydrogens (tertiary/aromatic N) is 1. The van der Waals surface area contributed by atoms with Crippen LogP contribution in [0.15, 0.2) is 0 Å². The van der Waals surface area contributed by atoms with E-state index in [1.54, 1.807) is 20.8 Å². The Bertz CT molecular complexity index is 468. The Hall–Kier alpha value is -1.66. The van der Waals surface area contributed by atoms with Gasteiger partial charge in [-0.15, -0.1) is 0 Å². The average molecular weight is 285 g/mol. The van der Waals surface area contributed by atoms with Gasteiger partial charge in [-0.2, -0.15) is 0 Å². The quantitative estimate of drug-likeness (QED) is 0.478. The van der Waals surface area contributed by atoms with Crippen molar-refractivity contribution in [2.75, 3.05) is 0 Å². The summed E-state index contributed by atoms with van der Waals surface area (Å²) >= 11 is 0. The molecule has 2 aliphatic carbocycles. The summed E-state index contributed by atoms with van der Waals surface area (Å²) in [6, 6.07) is 0. The van der Waals surface area contributed by atoms with Crippen LogP contribution in [0.2, 0.25) is 0 Å². The lowest BCUT2D eigenvalue weighted by molar-refractivity contribution is -0.572. The molecule has 2 rings (SSSR count). The fraction of sp³-hybridized carbons (Fsp3) is 0.846. The van der Waals surface area contributed by atoms with E-state index in [1.807, 2.05) is 0 Å². The van der Waals surface area contributed by atoms with Gasteiger partial charge in [0.1, 0.15) is 11.5 Å². The summed E-state index contributed by atoms with van der Waals surface area (Å²) in [5.74, 6) is -4.42. The van der Waals surface area contributed by atoms with E-state index >= 15 is 0 Å². The van der Waals surface area contributed by atoms with Gasteiger partial charge in [0.2, 0.25) is 0 Å². The highest BCUT2D eigenvalue weighted by Crippen LogP contribution is 2.56. The van der Waals surface area contributed by atoms with E-state index in [-0.39, 0.29) is 5.92 Å². The second-order valence-electron chi connectivity index (χ2n) is 6.67. The molecule has 7 nitrogen and oxygen atoms in total. The molecule has 2 bridgehead atoms. The van der Waals surface area contributed by atoms with E-state index in [0.29, 0.717) is 19.3 Å². The summed E-state index contributed by atoms with van der Waals surface area (Å²) in [5, 5.41) is 21.0. The van der Waals surface area contributed by atoms with Crippen LogP contribution in [0.5, 0.6) is 0 Å². The molecule has 7 heteroatoms. The number of rotatable bonds is 3. The number of carbonyl (C=O) groups excluding carboxylic acids is 1. The molecule has 2 aliphatic rings. The number of carbonyl (C=O) groups is 2. The van der Waals surface area contributed by atoms with Gasteiger partial charge in [-0.3, -0.25) is 14.9 Å². The predicted octanol–water partition coefficient (Wildman–Crippen LogP) is 1.47. The molecule has 2 saturated carbocycles. The standard InChI is InChI=1S/C13H19NO6/c1-12(2,3)20-11(17)13(14(18)19)8-5-4-7(6-8)9(13)10(15)16/h7-9H,4-6H2,1-3H3,(H,15,16). The molecule has 0 radical (unpaired) electrons. The third-order valence-corrected chi connectivity index (χ3v) is 4.34. The van der Waals surface area contributed by atoms with Gasteiger partial charge >= 0.3 is 17.5 Å². The zero-order valence-corrected chi connectivity index (χ0v) is 11.8. The van der Waals surface area contributed by atoms with Crippen LogP contribution in [0.4, 0.5) is 0 Å². The second kappa shape index (κ2) is 4.43. The minimum absolute atomic E-state index is 0.310. The van der Waals surface area contributed by atoms with E-state index in [1.165, 1.54) is 0 Å². The Morgan fingerprint density at radius 1 is 1.35 bits per heavy atom. The lowest BCUT2D eigenvalue weighted by atomic mass is 9.73. The van der Waals surface area contributed by atoms with Crippen LogP contribution < -0.4 is 0 Å². The first-order chi connectivity index (χ1) is 9.10. The lowest BCUT2D eigenvalue weighted by Gasteiger charge is -2.34. The van der Waals surface area contributed by atoms with Crippen molar-refractivity contribution in [3.05, 3.63) is 10.1 Å². The first kappa shape index (κ1) is 14.7. The van der Waals surface area contributed by atoms with Crippen molar-refractivity contribution < 1.29 is 24.4 Å². The SMILES string of the molecule is CC(C)(C)OC(=O)C1([N+](=O)[O-])C2CCC(C2)C1C(=O)O. The number of hydrogen-bond donors (Lipinski definition) is 1. The molecule has 0 aromatic rings. The van der Waals surface area contributed by atoms with E-state index in [4.69, 9.17) is 4.74 Å². The Kier molecular flexibility index (Phi) is 3.26. The number of hydrogen-bond acceptors (Lipinski definition) is 5. The summed E-state index contributed by atoms with van der Waals surface area (Å²) in [5.41, 5.74) is -3.01. The zero-order valence-electron chi connectivity index (χ0n) is 11.8. The lowest BCUT2D eigenvalue weighted by Crippen LogP contribution is -2.60. The van der Waals surface area contributed by atoms with Gasteiger partial charge in [-0.1, -0.05) is 0 Å². The first-order valence-corrected chi connectivity index (χ1v) is 6.71. The Labute approximate surface area is 116 Å². The van der Waals surface area contributed by atoms with E-state index in [9.17, 15) is 24.8 Å². The van der Waals surface area contributed by atoms with Crippen LogP contribution >= 0.6 is 0 Å². The molecule has 0 heterocycles. The summed E-state index contributed by atoms with van der Waals surface area (Å²) < 4.78 is 5.18. The fourth-order valence-corrected chi connectivity index (χ4v) is 3.71. The fourth-order valence-electron chi connectivity index (χ4n) is 3.71. The maximum absolute atomic E-state index is 12.4. The molecule has 0 aromatic heterocycles. The van der Waals surface area contributed by atoms with Gasteiger partial charge in [0.15, 0.2) is 0 Å². The van der Waals surface area contributed by atoms with Crippen molar-refractivity contribution in [2.45, 2.75) is 51.2 Å². The molecule has 1 N–H and O–H groups in total. The van der Waals surface area contributed by atoms with Gasteiger partial charge in [0.25, 0.3) is 0 Å². The summed E-state index contributed by atoms with van der Waals surface area (Å²) in [6.07, 6.45) is 1.55. The molecular formula is C13H19NO6. The van der Waals surface area contributed by atoms with Gasteiger partial charge in [0.05, 0.1) is 0 Å². The van der Waals surface area contributed by atoms with Crippen molar-refractivity contribution >= 4 is 11.9 Å². The maximum Gasteiger partial charge on any atom is 0.386 e. The second-order valence-corrected chi connectivity index (χ2v) is 6.67. The Morgan fingerprint density at radius 2 is 1.95 bits per heavy atom. The molecule has 0 saturated heterocycles. The molecule has 20 heavy (non-hydrogen) atoms. The summed E-state index contributed by atoms with van der Waals surface area (Å²) in [6.45, 7) is 4.84. The third-order valence-electron chi connectivity index (χ3n) is 4.34. The van der Waals surface area contributed by atoms with Crippen molar-refractivity contribution in [1.82, 2.24) is 0 Å². The van der Waals surface area contributed by atoms with Crippen LogP contribution in [0, 0.1) is 27.9 Å². The Morgan fingerprint density at radius 3 is 2.40 bits per heavy atom. The number of carboxylic acid groups (broad SMARTS) is 1. The highest BCUT2D eigenvalue weighted by molar-refractivity contribution is 5.88. The number of esters is 1. The average Bonchev–Trinajstić information content (AvgIpc) is 2.83. The third kappa shape index (κ3) is 1.96. The van der Waals surface area contributed by atoms with Crippen LogP contribution in [0.1, 0.15) is 40.0 Å². The van der Waals surface area contributed by atoms with Gasteiger partial charge in [0, 0.05) is 10.8 Å². The van der Waals surface area contributed by atoms with Crippen LogP contribution in [-0.4, -0.2) is 33.1 Å². The minimum atomic E-state index is -2.12. The Balaban J connectivity index is 2.46. The van der Waals surface area contributed by atoms with Crippen LogP contribution in [0.25, 0.3) is 0 Å². The highest BCUT2D eigenvalue weighted by Gasteiger charge is 2.75.